The van der Waals surface area contributed by atoms with Gasteiger partial charge in [0.25, 0.3) is 0 Å². The fraction of sp³-hybridized carbons (Fsp3) is 0.0833. The summed E-state index contributed by atoms with van der Waals surface area (Å²) in [6.07, 6.45) is 1.64. The van der Waals surface area contributed by atoms with Gasteiger partial charge < -0.3 is 10.5 Å². The second-order valence-electron chi connectivity index (χ2n) is 3.47. The van der Waals surface area contributed by atoms with E-state index in [1.165, 1.54) is 0 Å². The Hall–Kier alpha value is -1.26. The van der Waals surface area contributed by atoms with Crippen LogP contribution >= 0.6 is 27.5 Å². The van der Waals surface area contributed by atoms with Gasteiger partial charge in [0.05, 0.1) is 5.69 Å². The van der Waals surface area contributed by atoms with Gasteiger partial charge in [0, 0.05) is 15.7 Å². The predicted molar refractivity (Wildman–Crippen MR) is 72.1 cm³/mol. The van der Waals surface area contributed by atoms with E-state index in [1.807, 2.05) is 24.3 Å². The lowest BCUT2D eigenvalue weighted by Crippen LogP contribution is -2.00. The molecule has 0 unspecified atom stereocenters. The zero-order valence-electron chi connectivity index (χ0n) is 8.86. The van der Waals surface area contributed by atoms with E-state index in [2.05, 4.69) is 20.9 Å². The minimum Gasteiger partial charge on any atom is -0.471 e. The van der Waals surface area contributed by atoms with Gasteiger partial charge in [-0.3, -0.25) is 0 Å². The molecule has 0 aliphatic heterocycles. The SMILES string of the molecule is Nc1cc(Br)cnc1OCc1cccc(Cl)c1. The minimum absolute atomic E-state index is 0.388. The van der Waals surface area contributed by atoms with Crippen molar-refractivity contribution in [1.29, 1.82) is 0 Å². The van der Waals surface area contributed by atoms with E-state index in [0.717, 1.165) is 10.0 Å². The van der Waals surface area contributed by atoms with Crippen LogP contribution in [0.3, 0.4) is 0 Å². The number of nitrogens with zero attached hydrogens (tertiary/aromatic N) is 1. The summed E-state index contributed by atoms with van der Waals surface area (Å²) in [5.41, 5.74) is 7.25. The van der Waals surface area contributed by atoms with E-state index < -0.39 is 0 Å². The third-order valence-corrected chi connectivity index (χ3v) is 2.78. The van der Waals surface area contributed by atoms with Gasteiger partial charge >= 0.3 is 0 Å². The maximum absolute atomic E-state index is 5.88. The lowest BCUT2D eigenvalue weighted by atomic mass is 10.2. The number of anilines is 1. The molecule has 0 radical (unpaired) electrons. The number of hydrogen-bond acceptors (Lipinski definition) is 3. The third-order valence-electron chi connectivity index (χ3n) is 2.11. The Kier molecular flexibility index (Phi) is 3.86. The number of aromatic nitrogens is 1. The molecular weight excluding hydrogens is 304 g/mol. The molecule has 0 saturated carbocycles. The largest absolute Gasteiger partial charge is 0.471 e. The molecule has 0 aliphatic carbocycles. The van der Waals surface area contributed by atoms with E-state index in [-0.39, 0.29) is 0 Å². The number of nitrogens with two attached hydrogens (primary N) is 1. The van der Waals surface area contributed by atoms with Gasteiger partial charge in [0.1, 0.15) is 6.61 Å². The average Bonchev–Trinajstić information content (AvgIpc) is 2.28. The highest BCUT2D eigenvalue weighted by molar-refractivity contribution is 9.10. The number of hydrogen-bond donors (Lipinski definition) is 1. The Bertz CT molecular complexity index is 534. The molecule has 0 amide bonds. The third kappa shape index (κ3) is 3.35. The molecule has 0 atom stereocenters. The standard InChI is InChI=1S/C12H10BrClN2O/c13-9-5-11(15)12(16-6-9)17-7-8-2-1-3-10(14)4-8/h1-6H,7,15H2. The number of pyridine rings is 1. The van der Waals surface area contributed by atoms with Gasteiger partial charge in [-0.05, 0) is 39.7 Å². The van der Waals surface area contributed by atoms with Crippen LogP contribution in [0.15, 0.2) is 41.0 Å². The second-order valence-corrected chi connectivity index (χ2v) is 4.82. The summed E-state index contributed by atoms with van der Waals surface area (Å²) in [5, 5.41) is 0.683. The molecule has 2 aromatic rings. The molecular formula is C12H10BrClN2O. The van der Waals surface area contributed by atoms with Gasteiger partial charge in [-0.2, -0.15) is 0 Å². The van der Waals surface area contributed by atoms with Gasteiger partial charge in [-0.15, -0.1) is 0 Å². The van der Waals surface area contributed by atoms with Crippen LogP contribution in [0.2, 0.25) is 5.02 Å². The Morgan fingerprint density at radius 1 is 1.35 bits per heavy atom. The second kappa shape index (κ2) is 5.38. The van der Waals surface area contributed by atoms with Crippen molar-refractivity contribution in [3.05, 3.63) is 51.6 Å². The number of nitrogen functional groups attached to an aromatic ring is 1. The summed E-state index contributed by atoms with van der Waals surface area (Å²) >= 11 is 9.16. The van der Waals surface area contributed by atoms with E-state index in [4.69, 9.17) is 22.1 Å². The van der Waals surface area contributed by atoms with Crippen LogP contribution in [0, 0.1) is 0 Å². The Labute approximate surface area is 113 Å². The molecule has 0 saturated heterocycles. The van der Waals surface area contributed by atoms with Crippen LogP contribution in [-0.4, -0.2) is 4.98 Å². The van der Waals surface area contributed by atoms with Crippen molar-refractivity contribution in [3.8, 4) is 5.88 Å². The first-order valence-electron chi connectivity index (χ1n) is 4.93. The summed E-state index contributed by atoms with van der Waals surface area (Å²) in [6, 6.07) is 9.22. The Balaban J connectivity index is 2.07. The van der Waals surface area contributed by atoms with Crippen molar-refractivity contribution >= 4 is 33.2 Å². The summed E-state index contributed by atoms with van der Waals surface area (Å²) in [6.45, 7) is 0.388. The zero-order chi connectivity index (χ0) is 12.3. The van der Waals surface area contributed by atoms with Crippen molar-refractivity contribution in [2.24, 2.45) is 0 Å². The summed E-state index contributed by atoms with van der Waals surface area (Å²) in [4.78, 5) is 4.09. The lowest BCUT2D eigenvalue weighted by Gasteiger charge is -2.08. The molecule has 2 rings (SSSR count). The zero-order valence-corrected chi connectivity index (χ0v) is 11.2. The smallest absolute Gasteiger partial charge is 0.237 e. The number of halogens is 2. The lowest BCUT2D eigenvalue weighted by molar-refractivity contribution is 0.295. The molecule has 1 aromatic carbocycles. The van der Waals surface area contributed by atoms with Crippen molar-refractivity contribution in [3.63, 3.8) is 0 Å². The number of benzene rings is 1. The van der Waals surface area contributed by atoms with Crippen molar-refractivity contribution in [2.45, 2.75) is 6.61 Å². The molecule has 3 nitrogen and oxygen atoms in total. The van der Waals surface area contributed by atoms with Crippen LogP contribution in [-0.2, 0) is 6.61 Å². The van der Waals surface area contributed by atoms with E-state index in [0.29, 0.717) is 23.2 Å². The highest BCUT2D eigenvalue weighted by Crippen LogP contribution is 2.23. The normalized spacial score (nSPS) is 10.2. The quantitative estimate of drug-likeness (QED) is 0.940. The number of ether oxygens (including phenoxy) is 1. The Morgan fingerprint density at radius 3 is 2.88 bits per heavy atom. The first kappa shape index (κ1) is 12.2. The summed E-state index contributed by atoms with van der Waals surface area (Å²) in [5.74, 6) is 0.424. The monoisotopic (exact) mass is 312 g/mol. The first-order valence-corrected chi connectivity index (χ1v) is 6.10. The molecule has 5 heteroatoms. The van der Waals surface area contributed by atoms with Gasteiger partial charge in [-0.1, -0.05) is 23.7 Å². The average molecular weight is 314 g/mol. The molecule has 0 fully saturated rings. The Morgan fingerprint density at radius 2 is 2.18 bits per heavy atom. The molecule has 88 valence electrons. The molecule has 0 spiro atoms. The fourth-order valence-electron chi connectivity index (χ4n) is 1.34. The van der Waals surface area contributed by atoms with Gasteiger partial charge in [-0.25, -0.2) is 4.98 Å². The highest BCUT2D eigenvalue weighted by atomic mass is 79.9. The van der Waals surface area contributed by atoms with Crippen LogP contribution in [0.25, 0.3) is 0 Å². The summed E-state index contributed by atoms with van der Waals surface area (Å²) < 4.78 is 6.34. The molecule has 0 bridgehead atoms. The topological polar surface area (TPSA) is 48.1 Å². The van der Waals surface area contributed by atoms with E-state index >= 15 is 0 Å². The van der Waals surface area contributed by atoms with E-state index in [1.54, 1.807) is 12.3 Å². The van der Waals surface area contributed by atoms with Crippen molar-refractivity contribution in [1.82, 2.24) is 4.98 Å². The summed E-state index contributed by atoms with van der Waals surface area (Å²) in [7, 11) is 0. The fourth-order valence-corrected chi connectivity index (χ4v) is 1.90. The maximum Gasteiger partial charge on any atom is 0.237 e. The van der Waals surface area contributed by atoms with Gasteiger partial charge in [0.15, 0.2) is 0 Å². The first-order chi connectivity index (χ1) is 8.15. The van der Waals surface area contributed by atoms with E-state index in [9.17, 15) is 0 Å². The van der Waals surface area contributed by atoms with Gasteiger partial charge in [0.2, 0.25) is 5.88 Å². The van der Waals surface area contributed by atoms with Crippen molar-refractivity contribution < 1.29 is 4.74 Å². The maximum atomic E-state index is 5.88. The molecule has 1 heterocycles. The van der Waals surface area contributed by atoms with Crippen LogP contribution < -0.4 is 10.5 Å². The van der Waals surface area contributed by atoms with Crippen LogP contribution in [0.4, 0.5) is 5.69 Å². The highest BCUT2D eigenvalue weighted by Gasteiger charge is 2.03. The van der Waals surface area contributed by atoms with Crippen molar-refractivity contribution in [2.75, 3.05) is 5.73 Å². The molecule has 2 N–H and O–H groups in total. The molecule has 17 heavy (non-hydrogen) atoms. The van der Waals surface area contributed by atoms with Crippen LogP contribution in [0.5, 0.6) is 5.88 Å². The molecule has 0 aliphatic rings. The minimum atomic E-state index is 0.388. The number of rotatable bonds is 3. The predicted octanol–water partition coefficient (Wildman–Crippen LogP) is 3.66. The molecule has 1 aromatic heterocycles. The van der Waals surface area contributed by atoms with Crippen LogP contribution in [0.1, 0.15) is 5.56 Å².